The van der Waals surface area contributed by atoms with Crippen LogP contribution in [-0.2, 0) is 19.6 Å². The Morgan fingerprint density at radius 2 is 1.72 bits per heavy atom. The summed E-state index contributed by atoms with van der Waals surface area (Å²) in [5.74, 6) is -0.945. The summed E-state index contributed by atoms with van der Waals surface area (Å²) in [6.07, 6.45) is 2.03. The predicted molar refractivity (Wildman–Crippen MR) is 119 cm³/mol. The molecule has 3 rings (SSSR count). The van der Waals surface area contributed by atoms with Gasteiger partial charge in [0.1, 0.15) is 0 Å². The average Bonchev–Trinajstić information content (AvgIpc) is 3.24. The minimum atomic E-state index is -3.63. The van der Waals surface area contributed by atoms with Gasteiger partial charge in [0, 0.05) is 29.5 Å². The second-order valence-electron chi connectivity index (χ2n) is 6.95. The Hall–Kier alpha value is -3.22. The van der Waals surface area contributed by atoms with Gasteiger partial charge in [-0.25, -0.2) is 32.9 Å². The quantitative estimate of drug-likeness (QED) is 0.474. The van der Waals surface area contributed by atoms with Crippen molar-refractivity contribution in [3.05, 3.63) is 53.8 Å². The fourth-order valence-electron chi connectivity index (χ4n) is 2.49. The summed E-state index contributed by atoms with van der Waals surface area (Å²) in [4.78, 5) is 37.1. The van der Waals surface area contributed by atoms with Crippen molar-refractivity contribution >= 4 is 38.9 Å². The first-order valence-corrected chi connectivity index (χ1v) is 11.9. The van der Waals surface area contributed by atoms with Crippen molar-refractivity contribution in [2.45, 2.75) is 37.8 Å². The summed E-state index contributed by atoms with van der Waals surface area (Å²) >= 11 is 1.18. The second-order valence-corrected chi connectivity index (χ2v) is 9.52. The molecule has 0 fully saturated rings. The number of carbonyl (C=O) groups is 2. The SMILES string of the molecule is CC(C)NS(=O)(=O)c1ccc(NC(=O)C(C)OC(=O)c2csc(-c3ncccn3)n2)cc1. The van der Waals surface area contributed by atoms with Gasteiger partial charge in [0.2, 0.25) is 10.0 Å². The van der Waals surface area contributed by atoms with Gasteiger partial charge in [-0.2, -0.15) is 0 Å². The smallest absolute Gasteiger partial charge is 0.358 e. The number of nitrogens with zero attached hydrogens (tertiary/aromatic N) is 3. The van der Waals surface area contributed by atoms with E-state index in [0.717, 1.165) is 0 Å². The Balaban J connectivity index is 1.59. The predicted octanol–water partition coefficient (Wildman–Crippen LogP) is 2.47. The van der Waals surface area contributed by atoms with Gasteiger partial charge in [-0.1, -0.05) is 0 Å². The highest BCUT2D eigenvalue weighted by atomic mass is 32.2. The van der Waals surface area contributed by atoms with Crippen LogP contribution in [0, 0.1) is 0 Å². The maximum atomic E-state index is 12.4. The van der Waals surface area contributed by atoms with Gasteiger partial charge in [-0.3, -0.25) is 4.79 Å². The number of sulfonamides is 1. The number of esters is 1. The molecular formula is C20H21N5O5S2. The summed E-state index contributed by atoms with van der Waals surface area (Å²) in [7, 11) is -3.63. The van der Waals surface area contributed by atoms with Crippen LogP contribution in [0.5, 0.6) is 0 Å². The molecule has 1 amide bonds. The molecule has 0 saturated carbocycles. The molecular weight excluding hydrogens is 454 g/mol. The largest absolute Gasteiger partial charge is 0.448 e. The first kappa shape index (κ1) is 23.4. The molecule has 0 spiro atoms. The summed E-state index contributed by atoms with van der Waals surface area (Å²) < 4.78 is 32.0. The molecule has 0 saturated heterocycles. The normalized spacial score (nSPS) is 12.4. The summed E-state index contributed by atoms with van der Waals surface area (Å²) in [6.45, 7) is 4.86. The van der Waals surface area contributed by atoms with Crippen molar-refractivity contribution in [2.75, 3.05) is 5.32 Å². The van der Waals surface area contributed by atoms with E-state index in [1.807, 2.05) is 0 Å². The van der Waals surface area contributed by atoms with Crippen LogP contribution in [0.15, 0.2) is 53.0 Å². The van der Waals surface area contributed by atoms with E-state index in [4.69, 9.17) is 4.74 Å². The molecule has 1 atom stereocenters. The van der Waals surface area contributed by atoms with Crippen molar-refractivity contribution in [3.8, 4) is 10.8 Å². The molecule has 0 radical (unpaired) electrons. The molecule has 32 heavy (non-hydrogen) atoms. The number of rotatable bonds is 8. The average molecular weight is 476 g/mol. The van der Waals surface area contributed by atoms with Gasteiger partial charge < -0.3 is 10.1 Å². The molecule has 2 heterocycles. The number of thiazole rings is 1. The van der Waals surface area contributed by atoms with E-state index >= 15 is 0 Å². The lowest BCUT2D eigenvalue weighted by molar-refractivity contribution is -0.123. The van der Waals surface area contributed by atoms with Crippen molar-refractivity contribution < 1.29 is 22.7 Å². The standard InChI is InChI=1S/C20H21N5O5S2/c1-12(2)25-32(28,29)15-7-5-14(6-8-15)23-18(26)13(3)30-20(27)16-11-31-19(24-16)17-21-9-4-10-22-17/h4-13,25H,1-3H3,(H,23,26). The summed E-state index contributed by atoms with van der Waals surface area (Å²) in [5.41, 5.74) is 0.405. The van der Waals surface area contributed by atoms with Crippen LogP contribution in [-0.4, -0.2) is 47.4 Å². The highest BCUT2D eigenvalue weighted by Crippen LogP contribution is 2.20. The van der Waals surface area contributed by atoms with Crippen LogP contribution in [0.2, 0.25) is 0 Å². The van der Waals surface area contributed by atoms with Gasteiger partial charge in [-0.15, -0.1) is 11.3 Å². The van der Waals surface area contributed by atoms with Gasteiger partial charge in [0.25, 0.3) is 5.91 Å². The zero-order valence-electron chi connectivity index (χ0n) is 17.5. The lowest BCUT2D eigenvalue weighted by Gasteiger charge is -2.13. The number of nitrogens with one attached hydrogen (secondary N) is 2. The fraction of sp³-hybridized carbons (Fsp3) is 0.250. The number of benzene rings is 1. The van der Waals surface area contributed by atoms with Crippen LogP contribution in [0.25, 0.3) is 10.8 Å². The molecule has 1 aromatic carbocycles. The molecule has 0 bridgehead atoms. The molecule has 10 nitrogen and oxygen atoms in total. The zero-order valence-corrected chi connectivity index (χ0v) is 19.1. The topological polar surface area (TPSA) is 140 Å². The molecule has 0 aliphatic rings. The van der Waals surface area contributed by atoms with Gasteiger partial charge in [-0.05, 0) is 51.1 Å². The second kappa shape index (κ2) is 9.94. The van der Waals surface area contributed by atoms with Crippen LogP contribution in [0.3, 0.4) is 0 Å². The Bertz CT molecular complexity index is 1190. The van der Waals surface area contributed by atoms with Crippen LogP contribution >= 0.6 is 11.3 Å². The van der Waals surface area contributed by atoms with E-state index in [1.54, 1.807) is 32.3 Å². The number of ether oxygens (including phenoxy) is 1. The third kappa shape index (κ3) is 5.93. The van der Waals surface area contributed by atoms with E-state index in [9.17, 15) is 18.0 Å². The van der Waals surface area contributed by atoms with E-state index in [2.05, 4.69) is 25.0 Å². The number of hydrogen-bond acceptors (Lipinski definition) is 9. The minimum Gasteiger partial charge on any atom is -0.448 e. The Morgan fingerprint density at radius 1 is 1.06 bits per heavy atom. The number of hydrogen-bond donors (Lipinski definition) is 2. The summed E-state index contributed by atoms with van der Waals surface area (Å²) in [5, 5.41) is 4.54. The van der Waals surface area contributed by atoms with Gasteiger partial charge in [0.05, 0.1) is 4.90 Å². The van der Waals surface area contributed by atoms with Crippen molar-refractivity contribution in [2.24, 2.45) is 0 Å². The Morgan fingerprint density at radius 3 is 2.34 bits per heavy atom. The third-order valence-electron chi connectivity index (χ3n) is 3.95. The molecule has 2 aromatic heterocycles. The van der Waals surface area contributed by atoms with E-state index < -0.39 is 28.0 Å². The van der Waals surface area contributed by atoms with Crippen molar-refractivity contribution in [1.29, 1.82) is 0 Å². The van der Waals surface area contributed by atoms with Crippen LogP contribution in [0.1, 0.15) is 31.3 Å². The molecule has 1 unspecified atom stereocenters. The van der Waals surface area contributed by atoms with Crippen molar-refractivity contribution in [1.82, 2.24) is 19.7 Å². The van der Waals surface area contributed by atoms with E-state index in [-0.39, 0.29) is 16.6 Å². The molecule has 0 aliphatic carbocycles. The number of anilines is 1. The van der Waals surface area contributed by atoms with Gasteiger partial charge in [0.15, 0.2) is 22.6 Å². The molecule has 168 valence electrons. The number of aromatic nitrogens is 3. The maximum absolute atomic E-state index is 12.4. The first-order valence-electron chi connectivity index (χ1n) is 9.53. The van der Waals surface area contributed by atoms with E-state index in [0.29, 0.717) is 16.5 Å². The molecule has 0 aliphatic heterocycles. The number of carbonyl (C=O) groups excluding carboxylic acids is 2. The Kier molecular flexibility index (Phi) is 7.28. The Labute approximate surface area is 189 Å². The highest BCUT2D eigenvalue weighted by Gasteiger charge is 2.22. The van der Waals surface area contributed by atoms with Crippen molar-refractivity contribution in [3.63, 3.8) is 0 Å². The maximum Gasteiger partial charge on any atom is 0.358 e. The monoisotopic (exact) mass is 475 g/mol. The lowest BCUT2D eigenvalue weighted by atomic mass is 10.3. The summed E-state index contributed by atoms with van der Waals surface area (Å²) in [6, 6.07) is 7.08. The molecule has 2 N–H and O–H groups in total. The van der Waals surface area contributed by atoms with Crippen LogP contribution in [0.4, 0.5) is 5.69 Å². The van der Waals surface area contributed by atoms with Gasteiger partial charge >= 0.3 is 5.97 Å². The third-order valence-corrected chi connectivity index (χ3v) is 6.46. The molecule has 12 heteroatoms. The highest BCUT2D eigenvalue weighted by molar-refractivity contribution is 7.89. The fourth-order valence-corrected chi connectivity index (χ4v) is 4.48. The first-order chi connectivity index (χ1) is 15.2. The number of amides is 1. The minimum absolute atomic E-state index is 0.0457. The van der Waals surface area contributed by atoms with Crippen LogP contribution < -0.4 is 10.0 Å². The molecule has 3 aromatic rings. The van der Waals surface area contributed by atoms with E-state index in [1.165, 1.54) is 47.9 Å². The lowest BCUT2D eigenvalue weighted by Crippen LogP contribution is -2.30. The zero-order chi connectivity index (χ0) is 23.3.